The van der Waals surface area contributed by atoms with Crippen LogP contribution in [0.2, 0.25) is 0 Å². The molecule has 1 aliphatic heterocycles. The van der Waals surface area contributed by atoms with Crippen molar-refractivity contribution in [1.29, 1.82) is 0 Å². The minimum atomic E-state index is -1.46. The lowest BCUT2D eigenvalue weighted by Gasteiger charge is -2.40. The van der Waals surface area contributed by atoms with E-state index in [-0.39, 0.29) is 0 Å². The van der Waals surface area contributed by atoms with Crippen molar-refractivity contribution in [1.82, 2.24) is 0 Å². The average molecular weight is 209 g/mol. The van der Waals surface area contributed by atoms with Crippen LogP contribution in [0.4, 0.5) is 0 Å². The van der Waals surface area contributed by atoms with Crippen molar-refractivity contribution in [2.75, 3.05) is 7.11 Å². The number of hydrogen-bond donors (Lipinski definition) is 5. The molecule has 7 nitrogen and oxygen atoms in total. The fourth-order valence-electron chi connectivity index (χ4n) is 1.35. The largest absolute Gasteiger partial charge is 0.387 e. The Kier molecular flexibility index (Phi) is 3.78. The van der Waals surface area contributed by atoms with E-state index in [1.165, 1.54) is 7.11 Å². The monoisotopic (exact) mass is 209 g/mol. The van der Waals surface area contributed by atoms with Crippen LogP contribution < -0.4 is 5.73 Å². The van der Waals surface area contributed by atoms with Crippen LogP contribution in [0.1, 0.15) is 0 Å². The third kappa shape index (κ3) is 2.04. The molecule has 0 spiro atoms. The number of ether oxygens (including phenoxy) is 2. The second kappa shape index (κ2) is 4.49. The summed E-state index contributed by atoms with van der Waals surface area (Å²) >= 11 is 0. The molecule has 1 saturated heterocycles. The van der Waals surface area contributed by atoms with Crippen molar-refractivity contribution in [2.24, 2.45) is 5.73 Å². The minimum absolute atomic E-state index is 1.11. The summed E-state index contributed by atoms with van der Waals surface area (Å²) in [7, 11) is 1.26. The Morgan fingerprint density at radius 1 is 1.21 bits per heavy atom. The van der Waals surface area contributed by atoms with Crippen molar-refractivity contribution in [3.8, 4) is 0 Å². The van der Waals surface area contributed by atoms with Gasteiger partial charge in [0, 0.05) is 7.11 Å². The quantitative estimate of drug-likeness (QED) is 0.302. The first-order valence-corrected chi connectivity index (χ1v) is 4.15. The Hall–Kier alpha value is -0.280. The predicted molar refractivity (Wildman–Crippen MR) is 43.9 cm³/mol. The van der Waals surface area contributed by atoms with Crippen LogP contribution in [0.3, 0.4) is 0 Å². The van der Waals surface area contributed by atoms with Crippen molar-refractivity contribution in [3.05, 3.63) is 0 Å². The zero-order chi connectivity index (χ0) is 10.9. The van der Waals surface area contributed by atoms with Crippen molar-refractivity contribution in [2.45, 2.75) is 36.9 Å². The molecule has 1 heterocycles. The van der Waals surface area contributed by atoms with Gasteiger partial charge in [0.1, 0.15) is 30.6 Å². The molecule has 84 valence electrons. The van der Waals surface area contributed by atoms with Gasteiger partial charge in [0.15, 0.2) is 6.29 Å². The zero-order valence-electron chi connectivity index (χ0n) is 7.65. The maximum atomic E-state index is 9.36. The van der Waals surface area contributed by atoms with Crippen LogP contribution in [0.15, 0.2) is 0 Å². The molecular formula is C7H15NO6. The van der Waals surface area contributed by atoms with E-state index in [4.69, 9.17) is 20.3 Å². The number of nitrogens with two attached hydrogens (primary N) is 1. The van der Waals surface area contributed by atoms with Gasteiger partial charge < -0.3 is 35.6 Å². The molecule has 1 aliphatic rings. The Morgan fingerprint density at radius 3 is 2.21 bits per heavy atom. The number of aliphatic hydroxyl groups excluding tert-OH is 4. The van der Waals surface area contributed by atoms with Gasteiger partial charge in [-0.05, 0) is 0 Å². The molecular weight excluding hydrogens is 194 g/mol. The van der Waals surface area contributed by atoms with E-state index in [9.17, 15) is 15.3 Å². The summed E-state index contributed by atoms with van der Waals surface area (Å²) < 4.78 is 9.63. The van der Waals surface area contributed by atoms with Crippen LogP contribution in [-0.4, -0.2) is 64.5 Å². The van der Waals surface area contributed by atoms with E-state index in [1.54, 1.807) is 0 Å². The molecule has 14 heavy (non-hydrogen) atoms. The lowest BCUT2D eigenvalue weighted by Crippen LogP contribution is -2.62. The Labute approximate surface area is 80.7 Å². The van der Waals surface area contributed by atoms with E-state index >= 15 is 0 Å². The van der Waals surface area contributed by atoms with Gasteiger partial charge in [0.25, 0.3) is 0 Å². The smallest absolute Gasteiger partial charge is 0.186 e. The van der Waals surface area contributed by atoms with E-state index in [1.807, 2.05) is 0 Å². The summed E-state index contributed by atoms with van der Waals surface area (Å²) in [6.45, 7) is 0. The van der Waals surface area contributed by atoms with Crippen LogP contribution in [0.25, 0.3) is 0 Å². The highest BCUT2D eigenvalue weighted by Gasteiger charge is 2.45. The van der Waals surface area contributed by atoms with Crippen LogP contribution in [-0.2, 0) is 9.47 Å². The van der Waals surface area contributed by atoms with Gasteiger partial charge in [0.05, 0.1) is 0 Å². The highest BCUT2D eigenvalue weighted by molar-refractivity contribution is 4.90. The topological polar surface area (TPSA) is 125 Å². The third-order valence-corrected chi connectivity index (χ3v) is 2.18. The minimum Gasteiger partial charge on any atom is -0.387 e. The van der Waals surface area contributed by atoms with Gasteiger partial charge in [-0.3, -0.25) is 0 Å². The van der Waals surface area contributed by atoms with Gasteiger partial charge in [0.2, 0.25) is 0 Å². The van der Waals surface area contributed by atoms with Gasteiger partial charge in [-0.1, -0.05) is 0 Å². The number of rotatable bonds is 2. The summed E-state index contributed by atoms with van der Waals surface area (Å²) in [6.07, 6.45) is -8.03. The fourth-order valence-corrected chi connectivity index (χ4v) is 1.35. The normalized spacial score (nSPS) is 46.3. The molecule has 0 aliphatic carbocycles. The fraction of sp³-hybridized carbons (Fsp3) is 1.00. The summed E-state index contributed by atoms with van der Waals surface area (Å²) in [5.74, 6) is 0. The molecule has 6 atom stereocenters. The number of aliphatic hydroxyl groups is 4. The van der Waals surface area contributed by atoms with E-state index in [0.717, 1.165) is 0 Å². The lowest BCUT2D eigenvalue weighted by molar-refractivity contribution is -0.303. The van der Waals surface area contributed by atoms with Crippen LogP contribution in [0.5, 0.6) is 0 Å². The summed E-state index contributed by atoms with van der Waals surface area (Å²) in [5.41, 5.74) is 5.10. The molecule has 0 saturated carbocycles. The average Bonchev–Trinajstić information content (AvgIpc) is 2.14. The summed E-state index contributed by atoms with van der Waals surface area (Å²) in [4.78, 5) is 0. The molecule has 0 aromatic carbocycles. The molecule has 0 aromatic heterocycles. The SMILES string of the molecule is CO[C@H]1O[C@H]([C@@H](N)O)[C@H](O)[C@H](O)[C@H]1O. The molecule has 0 bridgehead atoms. The molecule has 1 fully saturated rings. The Bertz CT molecular complexity index is 187. The first-order valence-electron chi connectivity index (χ1n) is 4.15. The molecule has 6 N–H and O–H groups in total. The van der Waals surface area contributed by atoms with Crippen LogP contribution >= 0.6 is 0 Å². The molecule has 7 heteroatoms. The maximum absolute atomic E-state index is 9.36. The lowest BCUT2D eigenvalue weighted by atomic mass is 9.98. The summed E-state index contributed by atoms with van der Waals surface area (Å²) in [5, 5.41) is 37.0. The first kappa shape index (κ1) is 11.8. The maximum Gasteiger partial charge on any atom is 0.186 e. The second-order valence-corrected chi connectivity index (χ2v) is 3.17. The first-order chi connectivity index (χ1) is 6.49. The van der Waals surface area contributed by atoms with E-state index < -0.39 is 36.9 Å². The van der Waals surface area contributed by atoms with Crippen molar-refractivity contribution >= 4 is 0 Å². The Morgan fingerprint density at radius 2 is 1.79 bits per heavy atom. The standard InChI is InChI=1S/C7H15NO6/c1-13-7-4(11)2(9)3(10)5(14-7)6(8)12/h2-7,9-12H,8H2,1H3/t2-,3+,4+,5-,6-,7-/m0/s1. The molecule has 0 unspecified atom stereocenters. The van der Waals surface area contributed by atoms with E-state index in [2.05, 4.69) is 0 Å². The second-order valence-electron chi connectivity index (χ2n) is 3.17. The number of methoxy groups -OCH3 is 1. The Balaban J connectivity index is 2.73. The molecule has 1 rings (SSSR count). The molecule has 0 radical (unpaired) electrons. The zero-order valence-corrected chi connectivity index (χ0v) is 7.65. The van der Waals surface area contributed by atoms with Gasteiger partial charge in [-0.25, -0.2) is 0 Å². The van der Waals surface area contributed by atoms with Gasteiger partial charge >= 0.3 is 0 Å². The van der Waals surface area contributed by atoms with Crippen molar-refractivity contribution < 1.29 is 29.9 Å². The summed E-state index contributed by atoms with van der Waals surface area (Å²) in [6, 6.07) is 0. The van der Waals surface area contributed by atoms with Crippen LogP contribution in [0, 0.1) is 0 Å². The van der Waals surface area contributed by atoms with Gasteiger partial charge in [-0.15, -0.1) is 0 Å². The van der Waals surface area contributed by atoms with Crippen molar-refractivity contribution in [3.63, 3.8) is 0 Å². The van der Waals surface area contributed by atoms with Gasteiger partial charge in [-0.2, -0.15) is 0 Å². The third-order valence-electron chi connectivity index (χ3n) is 2.18. The highest BCUT2D eigenvalue weighted by Crippen LogP contribution is 2.22. The predicted octanol–water partition coefficient (Wildman–Crippen LogP) is -3.28. The highest BCUT2D eigenvalue weighted by atomic mass is 16.7. The molecule has 0 amide bonds. The molecule has 0 aromatic rings. The van der Waals surface area contributed by atoms with E-state index in [0.29, 0.717) is 0 Å². The number of hydrogen-bond acceptors (Lipinski definition) is 7.